The Bertz CT molecular complexity index is 1220. The van der Waals surface area contributed by atoms with Crippen molar-refractivity contribution >= 4 is 29.8 Å². The Balaban J connectivity index is 2.03. The lowest BCUT2D eigenvalue weighted by Crippen LogP contribution is -2.63. The first-order chi connectivity index (χ1) is 20.3. The maximum atomic E-state index is 15.7. The van der Waals surface area contributed by atoms with Crippen LogP contribution in [0.1, 0.15) is 76.6 Å². The molecule has 1 aliphatic carbocycles. The van der Waals surface area contributed by atoms with Gasteiger partial charge in [0.1, 0.15) is 12.7 Å². The van der Waals surface area contributed by atoms with E-state index in [9.17, 15) is 28.4 Å². The van der Waals surface area contributed by atoms with Crippen LogP contribution >= 0.6 is 0 Å². The van der Waals surface area contributed by atoms with E-state index in [4.69, 9.17) is 28.4 Å². The van der Waals surface area contributed by atoms with Crippen LogP contribution < -0.4 is 10.1 Å². The van der Waals surface area contributed by atoms with Crippen LogP contribution in [0, 0.1) is 17.5 Å². The van der Waals surface area contributed by atoms with Gasteiger partial charge in [-0.25, -0.2) is 8.78 Å². The van der Waals surface area contributed by atoms with Gasteiger partial charge in [0.25, 0.3) is 5.91 Å². The number of ether oxygens (including phenoxy) is 6. The van der Waals surface area contributed by atoms with E-state index >= 15 is 8.78 Å². The number of nitrogens with one attached hydrogen (secondary N) is 1. The Morgan fingerprint density at radius 3 is 1.91 bits per heavy atom. The van der Waals surface area contributed by atoms with Crippen LogP contribution in [0.3, 0.4) is 0 Å². The van der Waals surface area contributed by atoms with Crippen LogP contribution in [0.25, 0.3) is 0 Å². The summed E-state index contributed by atoms with van der Waals surface area (Å²) >= 11 is 0. The Morgan fingerprint density at radius 1 is 0.791 bits per heavy atom. The number of benzene rings is 1. The highest BCUT2D eigenvalue weighted by molar-refractivity contribution is 5.95. The summed E-state index contributed by atoms with van der Waals surface area (Å²) in [6.07, 6.45) is -3.78. The van der Waals surface area contributed by atoms with Crippen molar-refractivity contribution in [3.63, 3.8) is 0 Å². The van der Waals surface area contributed by atoms with E-state index < -0.39 is 95.9 Å². The fraction of sp³-hybridized carbons (Fsp3) is 0.607. The van der Waals surface area contributed by atoms with E-state index in [2.05, 4.69) is 5.32 Å². The molecule has 43 heavy (non-hydrogen) atoms. The molecule has 0 aromatic heterocycles. The molecule has 1 heterocycles. The van der Waals surface area contributed by atoms with Crippen LogP contribution in [0.4, 0.5) is 13.2 Å². The molecule has 15 heteroatoms. The summed E-state index contributed by atoms with van der Waals surface area (Å²) in [6.45, 7) is 3.36. The van der Waals surface area contributed by atoms with Gasteiger partial charge in [-0.05, 0) is 18.9 Å². The van der Waals surface area contributed by atoms with Gasteiger partial charge in [0.2, 0.25) is 18.2 Å². The van der Waals surface area contributed by atoms with Gasteiger partial charge in [0.15, 0.2) is 29.6 Å². The molecule has 12 nitrogen and oxygen atoms in total. The van der Waals surface area contributed by atoms with Crippen molar-refractivity contribution in [2.75, 3.05) is 6.61 Å². The molecule has 1 aliphatic heterocycles. The summed E-state index contributed by atoms with van der Waals surface area (Å²) in [4.78, 5) is 60.3. The van der Waals surface area contributed by atoms with Crippen LogP contribution in [-0.2, 0) is 42.9 Å². The van der Waals surface area contributed by atoms with E-state index in [0.29, 0.717) is 18.9 Å². The minimum absolute atomic E-state index is 0.299. The van der Waals surface area contributed by atoms with Crippen LogP contribution in [-0.4, -0.2) is 73.1 Å². The second-order valence-electron chi connectivity index (χ2n) is 10.2. The van der Waals surface area contributed by atoms with Crippen LogP contribution in [0.15, 0.2) is 6.07 Å². The summed E-state index contributed by atoms with van der Waals surface area (Å²) in [6, 6.07) is 0.0862. The predicted molar refractivity (Wildman–Crippen MR) is 138 cm³/mol. The smallest absolute Gasteiger partial charge is 0.303 e. The van der Waals surface area contributed by atoms with Gasteiger partial charge < -0.3 is 33.7 Å². The SMILES string of the molecule is CC(=O)OCC1OC(Oc2c(F)c(F)cc(C(=O)NC3CCCCCC3)c2F)C(OC(C)=O)C(OC(C)=O)C1OC(C)=O. The summed E-state index contributed by atoms with van der Waals surface area (Å²) in [5.41, 5.74) is -0.858. The molecule has 1 aromatic carbocycles. The first-order valence-corrected chi connectivity index (χ1v) is 13.7. The number of esters is 4. The third kappa shape index (κ3) is 9.05. The molecule has 5 unspecified atom stereocenters. The lowest BCUT2D eigenvalue weighted by atomic mass is 9.98. The fourth-order valence-electron chi connectivity index (χ4n) is 4.94. The molecule has 1 N–H and O–H groups in total. The van der Waals surface area contributed by atoms with Crippen molar-refractivity contribution < 1.29 is 65.6 Å². The summed E-state index contributed by atoms with van der Waals surface area (Å²) in [7, 11) is 0. The van der Waals surface area contributed by atoms with Crippen LogP contribution in [0.2, 0.25) is 0 Å². The van der Waals surface area contributed by atoms with Crippen molar-refractivity contribution in [1.82, 2.24) is 5.32 Å². The zero-order valence-corrected chi connectivity index (χ0v) is 24.1. The second-order valence-corrected chi connectivity index (χ2v) is 10.2. The van der Waals surface area contributed by atoms with Gasteiger partial charge in [-0.3, -0.25) is 24.0 Å². The highest BCUT2D eigenvalue weighted by Crippen LogP contribution is 2.34. The van der Waals surface area contributed by atoms with Crippen molar-refractivity contribution in [3.05, 3.63) is 29.1 Å². The average molecular weight is 618 g/mol. The Hall–Kier alpha value is -3.88. The van der Waals surface area contributed by atoms with Gasteiger partial charge in [-0.15, -0.1) is 0 Å². The molecule has 0 bridgehead atoms. The molecule has 0 spiro atoms. The lowest BCUT2D eigenvalue weighted by Gasteiger charge is -2.43. The summed E-state index contributed by atoms with van der Waals surface area (Å²) < 4.78 is 77.0. The van der Waals surface area contributed by atoms with E-state index in [1.54, 1.807) is 0 Å². The van der Waals surface area contributed by atoms with E-state index in [0.717, 1.165) is 53.4 Å². The fourth-order valence-corrected chi connectivity index (χ4v) is 4.94. The second kappa shape index (κ2) is 15.0. The molecule has 1 saturated heterocycles. The third-order valence-corrected chi connectivity index (χ3v) is 6.73. The topological polar surface area (TPSA) is 153 Å². The number of amides is 1. The highest BCUT2D eigenvalue weighted by atomic mass is 19.2. The maximum absolute atomic E-state index is 15.7. The quantitative estimate of drug-likeness (QED) is 0.188. The number of hydrogen-bond acceptors (Lipinski definition) is 11. The third-order valence-electron chi connectivity index (χ3n) is 6.73. The molecule has 5 atom stereocenters. The first kappa shape index (κ1) is 33.6. The van der Waals surface area contributed by atoms with Gasteiger partial charge >= 0.3 is 23.9 Å². The van der Waals surface area contributed by atoms with Crippen molar-refractivity contribution in [1.29, 1.82) is 0 Å². The zero-order valence-electron chi connectivity index (χ0n) is 24.1. The molecule has 2 aliphatic rings. The molecule has 238 valence electrons. The number of carbonyl (C=O) groups is 5. The van der Waals surface area contributed by atoms with Gasteiger partial charge in [-0.1, -0.05) is 25.7 Å². The van der Waals surface area contributed by atoms with Crippen molar-refractivity contribution in [3.8, 4) is 5.75 Å². The zero-order chi connectivity index (χ0) is 31.8. The standard InChI is InChI=1S/C28H34F3NO11/c1-13(33)38-12-20-23(39-14(2)34)25(40-15(3)35)26(41-16(4)36)28(42-20)43-24-21(30)18(11-19(29)22(24)31)27(37)32-17-9-7-5-6-8-10-17/h11,17,20,23,25-26,28H,5-10,12H2,1-4H3,(H,32,37). The molecule has 2 fully saturated rings. The molecule has 0 radical (unpaired) electrons. The normalized spacial score (nSPS) is 24.2. The van der Waals surface area contributed by atoms with E-state index in [1.165, 1.54) is 0 Å². The monoisotopic (exact) mass is 617 g/mol. The molecule has 1 saturated carbocycles. The molecular formula is C28H34F3NO11. The van der Waals surface area contributed by atoms with Gasteiger partial charge in [-0.2, -0.15) is 4.39 Å². The maximum Gasteiger partial charge on any atom is 0.303 e. The van der Waals surface area contributed by atoms with Gasteiger partial charge in [0.05, 0.1) is 5.56 Å². The van der Waals surface area contributed by atoms with Gasteiger partial charge in [0, 0.05) is 33.7 Å². The number of hydrogen-bond donors (Lipinski definition) is 1. The number of carbonyl (C=O) groups excluding carboxylic acids is 5. The predicted octanol–water partition coefficient (Wildman–Crippen LogP) is 3.02. The lowest BCUT2D eigenvalue weighted by molar-refractivity contribution is -0.289. The number of halogens is 3. The minimum atomic E-state index is -2.05. The number of rotatable bonds is 9. The minimum Gasteiger partial charge on any atom is -0.463 e. The van der Waals surface area contributed by atoms with Crippen molar-refractivity contribution in [2.24, 2.45) is 0 Å². The molecule has 3 rings (SSSR count). The van der Waals surface area contributed by atoms with Crippen molar-refractivity contribution in [2.45, 2.75) is 103 Å². The average Bonchev–Trinajstić information content (AvgIpc) is 3.18. The molecular weight excluding hydrogens is 583 g/mol. The Morgan fingerprint density at radius 2 is 1.35 bits per heavy atom. The Labute approximate surface area is 245 Å². The van der Waals surface area contributed by atoms with E-state index in [-0.39, 0.29) is 6.04 Å². The first-order valence-electron chi connectivity index (χ1n) is 13.7. The highest BCUT2D eigenvalue weighted by Gasteiger charge is 2.54. The largest absolute Gasteiger partial charge is 0.463 e. The van der Waals surface area contributed by atoms with E-state index in [1.807, 2.05) is 0 Å². The molecule has 1 amide bonds. The molecule has 1 aromatic rings. The Kier molecular flexibility index (Phi) is 11.7. The summed E-state index contributed by atoms with van der Waals surface area (Å²) in [5, 5.41) is 2.64. The summed E-state index contributed by atoms with van der Waals surface area (Å²) in [5.74, 6) is -11.1. The van der Waals surface area contributed by atoms with Crippen LogP contribution in [0.5, 0.6) is 5.75 Å².